The van der Waals surface area contributed by atoms with Crippen LogP contribution in [-0.2, 0) is 14.8 Å². The van der Waals surface area contributed by atoms with Gasteiger partial charge in [-0.05, 0) is 35.9 Å². The Balaban J connectivity index is 1.56. The van der Waals surface area contributed by atoms with Gasteiger partial charge in [-0.25, -0.2) is 8.42 Å². The molecular weight excluding hydrogens is 422 g/mol. The van der Waals surface area contributed by atoms with Crippen LogP contribution in [0.25, 0.3) is 10.9 Å². The van der Waals surface area contributed by atoms with E-state index in [1.54, 1.807) is 6.20 Å². The molecule has 1 aliphatic heterocycles. The Labute approximate surface area is 178 Å². The molecule has 2 aromatic carbocycles. The van der Waals surface area contributed by atoms with Crippen molar-refractivity contribution in [1.29, 1.82) is 0 Å². The van der Waals surface area contributed by atoms with Crippen molar-refractivity contribution < 1.29 is 18.1 Å². The minimum Gasteiger partial charge on any atom is -0.379 e. The molecule has 0 unspecified atom stereocenters. The van der Waals surface area contributed by atoms with E-state index < -0.39 is 14.9 Å². The highest BCUT2D eigenvalue weighted by molar-refractivity contribution is 7.89. The minimum absolute atomic E-state index is 0.0876. The highest BCUT2D eigenvalue weighted by Crippen LogP contribution is 2.29. The van der Waals surface area contributed by atoms with E-state index >= 15 is 0 Å². The van der Waals surface area contributed by atoms with Crippen molar-refractivity contribution in [2.45, 2.75) is 4.90 Å². The van der Waals surface area contributed by atoms with Crippen LogP contribution in [0.15, 0.2) is 64.7 Å². The van der Waals surface area contributed by atoms with E-state index in [1.165, 1.54) is 22.7 Å². The molecule has 160 valence electrons. The van der Waals surface area contributed by atoms with Crippen molar-refractivity contribution >= 4 is 38.5 Å². The molecule has 0 atom stereocenters. The van der Waals surface area contributed by atoms with Gasteiger partial charge in [-0.15, -0.1) is 0 Å². The fourth-order valence-electron chi connectivity index (χ4n) is 3.20. The third-order valence-corrected chi connectivity index (χ3v) is 6.69. The van der Waals surface area contributed by atoms with Crippen LogP contribution in [0.4, 0.5) is 11.4 Å². The molecule has 0 aliphatic carbocycles. The number of fused-ring (bicyclic) bond motifs is 1. The van der Waals surface area contributed by atoms with Gasteiger partial charge < -0.3 is 4.74 Å². The van der Waals surface area contributed by atoms with Gasteiger partial charge in [-0.1, -0.05) is 12.1 Å². The Hall–Kier alpha value is -3.41. The number of nitro groups is 1. The van der Waals surface area contributed by atoms with E-state index in [1.807, 2.05) is 30.3 Å². The number of nitrogens with zero attached hydrogens (tertiary/aromatic N) is 4. The lowest BCUT2D eigenvalue weighted by atomic mass is 10.1. The molecule has 10 nitrogen and oxygen atoms in total. The minimum atomic E-state index is -3.84. The Kier molecular flexibility index (Phi) is 5.89. The van der Waals surface area contributed by atoms with Crippen LogP contribution in [0, 0.1) is 10.1 Å². The van der Waals surface area contributed by atoms with E-state index in [2.05, 4.69) is 15.5 Å². The quantitative estimate of drug-likeness (QED) is 0.354. The molecule has 0 bridgehead atoms. The maximum Gasteiger partial charge on any atom is 0.295 e. The summed E-state index contributed by atoms with van der Waals surface area (Å²) in [6.45, 7) is 1.00. The maximum atomic E-state index is 12.8. The fraction of sp³-hybridized carbons (Fsp3) is 0.200. The zero-order valence-corrected chi connectivity index (χ0v) is 17.2. The van der Waals surface area contributed by atoms with Crippen molar-refractivity contribution in [3.05, 3.63) is 70.4 Å². The smallest absolute Gasteiger partial charge is 0.295 e. The molecule has 0 radical (unpaired) electrons. The van der Waals surface area contributed by atoms with E-state index in [4.69, 9.17) is 4.74 Å². The second-order valence-corrected chi connectivity index (χ2v) is 8.72. The number of hydrogen-bond donors (Lipinski definition) is 1. The van der Waals surface area contributed by atoms with Crippen LogP contribution in [0.3, 0.4) is 0 Å². The number of ether oxygens (including phenoxy) is 1. The summed E-state index contributed by atoms with van der Waals surface area (Å²) in [6.07, 6.45) is 3.23. The molecule has 3 aromatic rings. The molecule has 1 fully saturated rings. The largest absolute Gasteiger partial charge is 0.379 e. The Morgan fingerprint density at radius 2 is 1.97 bits per heavy atom. The second-order valence-electron chi connectivity index (χ2n) is 6.78. The van der Waals surface area contributed by atoms with Gasteiger partial charge >= 0.3 is 0 Å². The summed E-state index contributed by atoms with van der Waals surface area (Å²) in [7, 11) is -3.84. The molecule has 0 spiro atoms. The van der Waals surface area contributed by atoms with E-state index in [0.29, 0.717) is 13.2 Å². The van der Waals surface area contributed by atoms with Gasteiger partial charge in [0.25, 0.3) is 5.69 Å². The van der Waals surface area contributed by atoms with Crippen molar-refractivity contribution in [3.63, 3.8) is 0 Å². The molecule has 11 heteroatoms. The zero-order valence-electron chi connectivity index (χ0n) is 16.3. The summed E-state index contributed by atoms with van der Waals surface area (Å²) in [5.41, 5.74) is 3.97. The molecule has 0 saturated carbocycles. The van der Waals surface area contributed by atoms with Crippen LogP contribution in [0.5, 0.6) is 0 Å². The number of aromatic nitrogens is 1. The normalized spacial score (nSPS) is 15.4. The zero-order chi connectivity index (χ0) is 21.8. The molecule has 1 N–H and O–H groups in total. The van der Waals surface area contributed by atoms with Crippen LogP contribution >= 0.6 is 0 Å². The lowest BCUT2D eigenvalue weighted by Gasteiger charge is -2.26. The fourth-order valence-corrected chi connectivity index (χ4v) is 4.63. The SMILES string of the molecule is O=[N+]([O-])c1cc(S(=O)(=O)N2CCOCC2)ccc1N/N=C/c1ccc2ncccc2c1. The van der Waals surface area contributed by atoms with E-state index in [0.717, 1.165) is 22.5 Å². The molecular formula is C20H19N5O5S. The van der Waals surface area contributed by atoms with Crippen LogP contribution in [-0.4, -0.2) is 55.1 Å². The number of pyridine rings is 1. The first-order valence-electron chi connectivity index (χ1n) is 9.45. The van der Waals surface area contributed by atoms with Gasteiger partial charge in [0, 0.05) is 30.7 Å². The monoisotopic (exact) mass is 441 g/mol. The lowest BCUT2D eigenvalue weighted by Crippen LogP contribution is -2.40. The summed E-state index contributed by atoms with van der Waals surface area (Å²) in [5.74, 6) is 0. The Bertz CT molecular complexity index is 1260. The van der Waals surface area contributed by atoms with Gasteiger partial charge in [0.05, 0.1) is 34.8 Å². The molecule has 1 aromatic heterocycles. The summed E-state index contributed by atoms with van der Waals surface area (Å²) in [5, 5.41) is 16.5. The number of benzene rings is 2. The Morgan fingerprint density at radius 3 is 2.74 bits per heavy atom. The van der Waals surface area contributed by atoms with Crippen molar-refractivity contribution in [1.82, 2.24) is 9.29 Å². The average Bonchev–Trinajstić information content (AvgIpc) is 2.79. The first-order chi connectivity index (χ1) is 14.9. The number of hydrazone groups is 1. The topological polar surface area (TPSA) is 127 Å². The van der Waals surface area contributed by atoms with Crippen molar-refractivity contribution in [3.8, 4) is 0 Å². The molecule has 31 heavy (non-hydrogen) atoms. The average molecular weight is 441 g/mol. The van der Waals surface area contributed by atoms with Crippen LogP contribution < -0.4 is 5.43 Å². The van der Waals surface area contributed by atoms with Crippen LogP contribution in [0.2, 0.25) is 0 Å². The maximum absolute atomic E-state index is 12.8. The summed E-state index contributed by atoms with van der Waals surface area (Å²) in [4.78, 5) is 15.0. The van der Waals surface area contributed by atoms with Gasteiger partial charge in [0.15, 0.2) is 0 Å². The third-order valence-electron chi connectivity index (χ3n) is 4.80. The highest BCUT2D eigenvalue weighted by Gasteiger charge is 2.28. The molecule has 2 heterocycles. The number of rotatable bonds is 6. The number of anilines is 1. The van der Waals surface area contributed by atoms with Gasteiger partial charge in [-0.3, -0.25) is 20.5 Å². The van der Waals surface area contributed by atoms with Gasteiger partial charge in [0.1, 0.15) is 5.69 Å². The summed E-state index contributed by atoms with van der Waals surface area (Å²) >= 11 is 0. The van der Waals surface area contributed by atoms with Crippen molar-refractivity contribution in [2.75, 3.05) is 31.7 Å². The summed E-state index contributed by atoms with van der Waals surface area (Å²) < 4.78 is 32.0. The molecule has 0 amide bonds. The number of morpholine rings is 1. The third kappa shape index (κ3) is 4.53. The molecule has 1 saturated heterocycles. The van der Waals surface area contributed by atoms with Crippen LogP contribution in [0.1, 0.15) is 5.56 Å². The highest BCUT2D eigenvalue weighted by atomic mass is 32.2. The van der Waals surface area contributed by atoms with Crippen molar-refractivity contribution in [2.24, 2.45) is 5.10 Å². The standard InChI is InChI=1S/C20H19N5O5S/c26-25(27)20-13-17(31(28,29)24-8-10-30-11-9-24)4-6-19(20)23-22-14-15-3-5-18-16(12-15)2-1-7-21-18/h1-7,12-14,23H,8-11H2/b22-14+. The summed E-state index contributed by atoms with van der Waals surface area (Å²) in [6, 6.07) is 13.0. The van der Waals surface area contributed by atoms with Gasteiger partial charge in [0.2, 0.25) is 10.0 Å². The predicted octanol–water partition coefficient (Wildman–Crippen LogP) is 2.61. The molecule has 1 aliphatic rings. The number of sulfonamides is 1. The number of nitro benzene ring substituents is 1. The molecule has 4 rings (SSSR count). The first kappa shape index (κ1) is 20.8. The predicted molar refractivity (Wildman–Crippen MR) is 116 cm³/mol. The Morgan fingerprint density at radius 1 is 1.16 bits per heavy atom. The second kappa shape index (κ2) is 8.76. The van der Waals surface area contributed by atoms with E-state index in [9.17, 15) is 18.5 Å². The number of hydrogen-bond acceptors (Lipinski definition) is 8. The van der Waals surface area contributed by atoms with Gasteiger partial charge in [-0.2, -0.15) is 9.41 Å². The lowest BCUT2D eigenvalue weighted by molar-refractivity contribution is -0.384. The first-order valence-corrected chi connectivity index (χ1v) is 10.9. The van der Waals surface area contributed by atoms with E-state index in [-0.39, 0.29) is 29.4 Å². The number of nitrogens with one attached hydrogen (secondary N) is 1.